The fourth-order valence-electron chi connectivity index (χ4n) is 4.36. The molecule has 0 spiro atoms. The van der Waals surface area contributed by atoms with Gasteiger partial charge in [-0.2, -0.15) is 0 Å². The highest BCUT2D eigenvalue weighted by atomic mass is 32.1. The summed E-state index contributed by atoms with van der Waals surface area (Å²) in [5.74, 6) is 0.0529. The Labute approximate surface area is 174 Å². The SMILES string of the molecule is O=C[C@@H]1CCCN1C(=O)[C@H]1NCC(=S)C1C(=O)CCCc1cc2ccccc2o1. The molecule has 1 aromatic carbocycles. The minimum Gasteiger partial charge on any atom is -0.461 e. The van der Waals surface area contributed by atoms with E-state index in [1.54, 1.807) is 4.90 Å². The standard InChI is InChI=1S/C22H24N2O4S/c25-13-15-6-4-10-24(15)22(27)21-20(19(29)12-23-21)17(26)8-3-7-16-11-14-5-1-2-9-18(14)28-16/h1-2,5,9,11,13,15,20-21,23H,3-4,6-8,10,12H2/t15-,20?,21-/m0/s1. The summed E-state index contributed by atoms with van der Waals surface area (Å²) in [6, 6.07) is 8.78. The summed E-state index contributed by atoms with van der Waals surface area (Å²) < 4.78 is 5.80. The molecule has 3 heterocycles. The molecule has 3 atom stereocenters. The van der Waals surface area contributed by atoms with Crippen molar-refractivity contribution in [2.24, 2.45) is 5.92 Å². The molecule has 2 aliphatic rings. The molecule has 2 fully saturated rings. The number of amides is 1. The van der Waals surface area contributed by atoms with Crippen molar-refractivity contribution in [3.8, 4) is 0 Å². The fraction of sp³-hybridized carbons (Fsp3) is 0.455. The number of aldehydes is 1. The van der Waals surface area contributed by atoms with Crippen LogP contribution in [0.1, 0.15) is 31.4 Å². The van der Waals surface area contributed by atoms with Gasteiger partial charge in [-0.1, -0.05) is 30.4 Å². The first kappa shape index (κ1) is 19.9. The molecule has 4 rings (SSSR count). The molecule has 0 bridgehead atoms. The van der Waals surface area contributed by atoms with Gasteiger partial charge in [-0.3, -0.25) is 9.59 Å². The third-order valence-corrected chi connectivity index (χ3v) is 6.25. The van der Waals surface area contributed by atoms with Crippen molar-refractivity contribution in [2.75, 3.05) is 13.1 Å². The average molecular weight is 413 g/mol. The first-order valence-electron chi connectivity index (χ1n) is 10.1. The lowest BCUT2D eigenvalue weighted by Gasteiger charge is -2.26. The molecule has 7 heteroatoms. The van der Waals surface area contributed by atoms with Crippen LogP contribution in [0, 0.1) is 5.92 Å². The third-order valence-electron chi connectivity index (χ3n) is 5.85. The molecule has 0 radical (unpaired) electrons. The maximum atomic E-state index is 12.9. The number of rotatable bonds is 7. The van der Waals surface area contributed by atoms with Crippen LogP contribution >= 0.6 is 12.2 Å². The molecule has 152 valence electrons. The number of nitrogens with one attached hydrogen (secondary N) is 1. The summed E-state index contributed by atoms with van der Waals surface area (Å²) in [6.07, 6.45) is 3.95. The van der Waals surface area contributed by atoms with Crippen molar-refractivity contribution in [3.63, 3.8) is 0 Å². The predicted molar refractivity (Wildman–Crippen MR) is 113 cm³/mol. The number of aryl methyl sites for hydroxylation is 1. The van der Waals surface area contributed by atoms with E-state index in [4.69, 9.17) is 16.6 Å². The van der Waals surface area contributed by atoms with Crippen molar-refractivity contribution in [2.45, 2.75) is 44.2 Å². The molecule has 1 amide bonds. The van der Waals surface area contributed by atoms with E-state index in [0.717, 1.165) is 29.4 Å². The molecule has 6 nitrogen and oxygen atoms in total. The number of Topliss-reactive ketones (excluding diaryl/α,β-unsaturated/α-hetero) is 1. The van der Waals surface area contributed by atoms with Crippen LogP contribution in [-0.4, -0.2) is 52.9 Å². The number of fused-ring (bicyclic) bond motifs is 1. The smallest absolute Gasteiger partial charge is 0.241 e. The summed E-state index contributed by atoms with van der Waals surface area (Å²) in [4.78, 5) is 39.3. The summed E-state index contributed by atoms with van der Waals surface area (Å²) in [5.41, 5.74) is 0.844. The topological polar surface area (TPSA) is 79.6 Å². The number of hydrogen-bond acceptors (Lipinski definition) is 6. The number of nitrogens with zero attached hydrogens (tertiary/aromatic N) is 1. The lowest BCUT2D eigenvalue weighted by atomic mass is 9.91. The van der Waals surface area contributed by atoms with Gasteiger partial charge < -0.3 is 19.4 Å². The molecular weight excluding hydrogens is 388 g/mol. The summed E-state index contributed by atoms with van der Waals surface area (Å²) >= 11 is 5.39. The zero-order chi connectivity index (χ0) is 20.4. The molecular formula is C22H24N2O4S. The highest BCUT2D eigenvalue weighted by Gasteiger charge is 2.44. The molecule has 29 heavy (non-hydrogen) atoms. The van der Waals surface area contributed by atoms with Crippen LogP contribution in [0.5, 0.6) is 0 Å². The fourth-order valence-corrected chi connectivity index (χ4v) is 4.71. The Bertz CT molecular complexity index is 920. The van der Waals surface area contributed by atoms with Crippen molar-refractivity contribution in [3.05, 3.63) is 36.1 Å². The van der Waals surface area contributed by atoms with Crippen molar-refractivity contribution in [1.82, 2.24) is 10.2 Å². The summed E-state index contributed by atoms with van der Waals surface area (Å²) in [6.45, 7) is 0.936. The number of benzene rings is 1. The van der Waals surface area contributed by atoms with Gasteiger partial charge in [0.2, 0.25) is 5.91 Å². The molecule has 2 saturated heterocycles. The molecule has 0 saturated carbocycles. The minimum atomic E-state index is -0.651. The molecule has 1 N–H and O–H groups in total. The second-order valence-electron chi connectivity index (χ2n) is 7.75. The average Bonchev–Trinajstić information content (AvgIpc) is 3.44. The molecule has 1 aromatic heterocycles. The van der Waals surface area contributed by atoms with E-state index in [1.165, 1.54) is 0 Å². The van der Waals surface area contributed by atoms with Crippen molar-refractivity contribution in [1.29, 1.82) is 0 Å². The van der Waals surface area contributed by atoms with Gasteiger partial charge in [-0.25, -0.2) is 0 Å². The minimum absolute atomic E-state index is 0.0173. The number of carbonyl (C=O) groups is 3. The van der Waals surface area contributed by atoms with E-state index in [0.29, 0.717) is 43.6 Å². The van der Waals surface area contributed by atoms with E-state index >= 15 is 0 Å². The van der Waals surface area contributed by atoms with Crippen molar-refractivity contribution < 1.29 is 18.8 Å². The lowest BCUT2D eigenvalue weighted by molar-refractivity contribution is -0.138. The zero-order valence-corrected chi connectivity index (χ0v) is 17.0. The van der Waals surface area contributed by atoms with E-state index in [-0.39, 0.29) is 17.7 Å². The zero-order valence-electron chi connectivity index (χ0n) is 16.1. The third kappa shape index (κ3) is 4.02. The van der Waals surface area contributed by atoms with Gasteiger partial charge in [0.1, 0.15) is 29.5 Å². The summed E-state index contributed by atoms with van der Waals surface area (Å²) in [5, 5.41) is 4.15. The number of thiocarbonyl (C=S) groups is 1. The van der Waals surface area contributed by atoms with Crippen LogP contribution in [0.25, 0.3) is 11.0 Å². The van der Waals surface area contributed by atoms with E-state index in [2.05, 4.69) is 5.32 Å². The maximum Gasteiger partial charge on any atom is 0.241 e. The highest BCUT2D eigenvalue weighted by Crippen LogP contribution is 2.25. The number of likely N-dealkylation sites (tertiary alicyclic amines) is 1. The normalized spacial score (nSPS) is 24.3. The second-order valence-corrected chi connectivity index (χ2v) is 8.27. The van der Waals surface area contributed by atoms with E-state index in [1.807, 2.05) is 30.3 Å². The Morgan fingerprint density at radius 1 is 1.31 bits per heavy atom. The monoisotopic (exact) mass is 412 g/mol. The number of hydrogen-bond donors (Lipinski definition) is 1. The Morgan fingerprint density at radius 2 is 2.14 bits per heavy atom. The first-order chi connectivity index (χ1) is 14.1. The second kappa shape index (κ2) is 8.55. The van der Waals surface area contributed by atoms with Crippen molar-refractivity contribution >= 4 is 46.0 Å². The summed E-state index contributed by atoms with van der Waals surface area (Å²) in [7, 11) is 0. The van der Waals surface area contributed by atoms with Crippen LogP contribution < -0.4 is 5.32 Å². The molecule has 0 aliphatic carbocycles. The van der Waals surface area contributed by atoms with Gasteiger partial charge in [0.25, 0.3) is 0 Å². The van der Waals surface area contributed by atoms with Gasteiger partial charge in [0.05, 0.1) is 12.0 Å². The van der Waals surface area contributed by atoms with Gasteiger partial charge >= 0.3 is 0 Å². The van der Waals surface area contributed by atoms with Crippen LogP contribution in [0.3, 0.4) is 0 Å². The number of carbonyl (C=O) groups excluding carboxylic acids is 3. The van der Waals surface area contributed by atoms with E-state index in [9.17, 15) is 14.4 Å². The number of furan rings is 1. The molecule has 2 aliphatic heterocycles. The van der Waals surface area contributed by atoms with Gasteiger partial charge in [-0.05, 0) is 31.4 Å². The number of ketones is 1. The highest BCUT2D eigenvalue weighted by molar-refractivity contribution is 7.80. The predicted octanol–water partition coefficient (Wildman–Crippen LogP) is 2.47. The van der Waals surface area contributed by atoms with Gasteiger partial charge in [0, 0.05) is 36.2 Å². The maximum absolute atomic E-state index is 12.9. The first-order valence-corrected chi connectivity index (χ1v) is 10.5. The van der Waals surface area contributed by atoms with Gasteiger partial charge in [0.15, 0.2) is 0 Å². The Balaban J connectivity index is 1.37. The Kier molecular flexibility index (Phi) is 5.87. The quantitative estimate of drug-likeness (QED) is 0.556. The van der Waals surface area contributed by atoms with Crippen LogP contribution in [0.4, 0.5) is 0 Å². The van der Waals surface area contributed by atoms with Crippen LogP contribution in [0.15, 0.2) is 34.7 Å². The number of para-hydroxylation sites is 1. The molecule has 1 unspecified atom stereocenters. The Morgan fingerprint density at radius 3 is 2.93 bits per heavy atom. The van der Waals surface area contributed by atoms with E-state index < -0.39 is 12.0 Å². The Hall–Kier alpha value is -2.38. The largest absolute Gasteiger partial charge is 0.461 e. The molecule has 2 aromatic rings. The lowest BCUT2D eigenvalue weighted by Crippen LogP contribution is -2.50. The van der Waals surface area contributed by atoms with Crippen LogP contribution in [-0.2, 0) is 20.8 Å². The van der Waals surface area contributed by atoms with Crippen LogP contribution in [0.2, 0.25) is 0 Å². The van der Waals surface area contributed by atoms with Gasteiger partial charge in [-0.15, -0.1) is 0 Å².